The third-order valence-electron chi connectivity index (χ3n) is 4.01. The largest absolute Gasteiger partial charge is 0.399 e. The Morgan fingerprint density at radius 1 is 1.13 bits per heavy atom. The molecular formula is C19H21N3O. The van der Waals surface area contributed by atoms with Gasteiger partial charge >= 0.3 is 0 Å². The van der Waals surface area contributed by atoms with Crippen LogP contribution in [0.5, 0.6) is 0 Å². The van der Waals surface area contributed by atoms with Gasteiger partial charge in [0.25, 0.3) is 5.56 Å². The Hall–Kier alpha value is -2.62. The summed E-state index contributed by atoms with van der Waals surface area (Å²) in [5.41, 5.74) is 10.6. The minimum Gasteiger partial charge on any atom is -0.399 e. The van der Waals surface area contributed by atoms with Crippen LogP contribution < -0.4 is 11.3 Å². The van der Waals surface area contributed by atoms with Crippen molar-refractivity contribution in [3.8, 4) is 11.1 Å². The van der Waals surface area contributed by atoms with Crippen LogP contribution in [0, 0.1) is 6.92 Å². The molecule has 0 aliphatic rings. The summed E-state index contributed by atoms with van der Waals surface area (Å²) in [5.74, 6) is 0. The van der Waals surface area contributed by atoms with E-state index < -0.39 is 0 Å². The van der Waals surface area contributed by atoms with E-state index in [1.165, 1.54) is 0 Å². The van der Waals surface area contributed by atoms with E-state index in [1.54, 1.807) is 4.40 Å². The number of anilines is 1. The van der Waals surface area contributed by atoms with Gasteiger partial charge in [0.2, 0.25) is 0 Å². The summed E-state index contributed by atoms with van der Waals surface area (Å²) in [6.07, 6.45) is 4.72. The van der Waals surface area contributed by atoms with Gasteiger partial charge in [0.15, 0.2) is 0 Å². The average Bonchev–Trinajstić information content (AvgIpc) is 2.55. The number of fused-ring (bicyclic) bond motifs is 1. The summed E-state index contributed by atoms with van der Waals surface area (Å²) in [6.45, 7) is 4.11. The molecule has 2 heterocycles. The van der Waals surface area contributed by atoms with E-state index in [1.807, 2.05) is 49.5 Å². The number of nitrogen functional groups attached to an aromatic ring is 1. The van der Waals surface area contributed by atoms with Gasteiger partial charge in [-0.25, -0.2) is 4.98 Å². The number of hydrogen-bond acceptors (Lipinski definition) is 3. The van der Waals surface area contributed by atoms with Crippen molar-refractivity contribution in [1.82, 2.24) is 9.38 Å². The quantitative estimate of drug-likeness (QED) is 0.749. The summed E-state index contributed by atoms with van der Waals surface area (Å²) < 4.78 is 1.64. The maximum absolute atomic E-state index is 13.0. The number of unbranched alkanes of at least 4 members (excludes halogenated alkanes) is 1. The Balaban J connectivity index is 2.29. The lowest BCUT2D eigenvalue weighted by molar-refractivity contribution is 0.774. The predicted octanol–water partition coefficient (Wildman–Crippen LogP) is 3.59. The third-order valence-corrected chi connectivity index (χ3v) is 4.01. The number of benzene rings is 1. The van der Waals surface area contributed by atoms with E-state index in [-0.39, 0.29) is 5.56 Å². The second-order valence-electron chi connectivity index (χ2n) is 5.90. The molecule has 2 aromatic heterocycles. The zero-order chi connectivity index (χ0) is 16.4. The molecule has 1 aromatic carbocycles. The summed E-state index contributed by atoms with van der Waals surface area (Å²) in [5, 5.41) is 0. The van der Waals surface area contributed by atoms with Crippen LogP contribution in [0.4, 0.5) is 5.69 Å². The van der Waals surface area contributed by atoms with Gasteiger partial charge in [-0.05, 0) is 49.1 Å². The van der Waals surface area contributed by atoms with Gasteiger partial charge in [-0.15, -0.1) is 0 Å². The number of hydrogen-bond donors (Lipinski definition) is 1. The van der Waals surface area contributed by atoms with Crippen molar-refractivity contribution in [3.63, 3.8) is 0 Å². The molecule has 118 valence electrons. The Kier molecular flexibility index (Phi) is 4.15. The normalized spacial score (nSPS) is 11.0. The smallest absolute Gasteiger partial charge is 0.266 e. The number of aromatic nitrogens is 2. The molecule has 23 heavy (non-hydrogen) atoms. The van der Waals surface area contributed by atoms with Gasteiger partial charge in [-0.2, -0.15) is 0 Å². The van der Waals surface area contributed by atoms with Crippen molar-refractivity contribution in [1.29, 1.82) is 0 Å². The highest BCUT2D eigenvalue weighted by Gasteiger charge is 2.14. The average molecular weight is 307 g/mol. The van der Waals surface area contributed by atoms with Crippen molar-refractivity contribution in [3.05, 3.63) is 64.2 Å². The van der Waals surface area contributed by atoms with Crippen LogP contribution in [0.15, 0.2) is 47.4 Å². The Labute approximate surface area is 135 Å². The Morgan fingerprint density at radius 3 is 2.57 bits per heavy atom. The molecule has 0 atom stereocenters. The topological polar surface area (TPSA) is 60.4 Å². The fourth-order valence-electron chi connectivity index (χ4n) is 2.76. The SMILES string of the molecule is CCCCc1nc2ccc(C)cn2c(=O)c1-c1ccc(N)cc1. The fraction of sp³-hybridized carbons (Fsp3) is 0.263. The minimum atomic E-state index is -0.0189. The second-order valence-corrected chi connectivity index (χ2v) is 5.90. The number of aryl methyl sites for hydroxylation is 2. The van der Waals surface area contributed by atoms with Crippen LogP contribution in [0.2, 0.25) is 0 Å². The summed E-state index contributed by atoms with van der Waals surface area (Å²) in [4.78, 5) is 17.8. The van der Waals surface area contributed by atoms with Gasteiger partial charge in [0.1, 0.15) is 5.65 Å². The molecule has 0 spiro atoms. The van der Waals surface area contributed by atoms with E-state index in [4.69, 9.17) is 10.7 Å². The van der Waals surface area contributed by atoms with Gasteiger partial charge in [0.05, 0.1) is 11.3 Å². The molecule has 0 amide bonds. The number of pyridine rings is 1. The molecule has 0 unspecified atom stereocenters. The molecule has 0 radical (unpaired) electrons. The van der Waals surface area contributed by atoms with E-state index in [9.17, 15) is 4.79 Å². The van der Waals surface area contributed by atoms with Crippen LogP contribution in [-0.2, 0) is 6.42 Å². The molecule has 3 rings (SSSR count). The van der Waals surface area contributed by atoms with Crippen molar-refractivity contribution < 1.29 is 0 Å². The van der Waals surface area contributed by atoms with E-state index in [0.29, 0.717) is 16.9 Å². The van der Waals surface area contributed by atoms with Gasteiger partial charge in [0, 0.05) is 11.9 Å². The second kappa shape index (κ2) is 6.24. The highest BCUT2D eigenvalue weighted by molar-refractivity contribution is 5.68. The monoisotopic (exact) mass is 307 g/mol. The summed E-state index contributed by atoms with van der Waals surface area (Å²) in [7, 11) is 0. The van der Waals surface area contributed by atoms with Crippen molar-refractivity contribution in [2.75, 3.05) is 5.73 Å². The zero-order valence-electron chi connectivity index (χ0n) is 13.5. The lowest BCUT2D eigenvalue weighted by Crippen LogP contribution is -2.20. The zero-order valence-corrected chi connectivity index (χ0v) is 13.5. The predicted molar refractivity (Wildman–Crippen MR) is 94.7 cm³/mol. The van der Waals surface area contributed by atoms with E-state index >= 15 is 0 Å². The highest BCUT2D eigenvalue weighted by Crippen LogP contribution is 2.22. The van der Waals surface area contributed by atoms with E-state index in [2.05, 4.69) is 6.92 Å². The van der Waals surface area contributed by atoms with E-state index in [0.717, 1.165) is 36.1 Å². The molecule has 0 aliphatic heterocycles. The fourth-order valence-corrected chi connectivity index (χ4v) is 2.76. The first-order valence-electron chi connectivity index (χ1n) is 7.98. The van der Waals surface area contributed by atoms with Gasteiger partial charge in [-0.1, -0.05) is 31.5 Å². The van der Waals surface area contributed by atoms with Gasteiger partial charge < -0.3 is 5.73 Å². The van der Waals surface area contributed by atoms with Crippen LogP contribution >= 0.6 is 0 Å². The maximum Gasteiger partial charge on any atom is 0.266 e. The molecule has 3 aromatic rings. The molecule has 2 N–H and O–H groups in total. The van der Waals surface area contributed by atoms with Crippen LogP contribution in [0.1, 0.15) is 31.0 Å². The van der Waals surface area contributed by atoms with Crippen LogP contribution in [0.3, 0.4) is 0 Å². The molecule has 0 aliphatic carbocycles. The number of nitrogens with two attached hydrogens (primary N) is 1. The van der Waals surface area contributed by atoms with Crippen LogP contribution in [0.25, 0.3) is 16.8 Å². The first kappa shape index (κ1) is 15.3. The first-order chi connectivity index (χ1) is 11.1. The molecular weight excluding hydrogens is 286 g/mol. The molecule has 4 heteroatoms. The molecule has 4 nitrogen and oxygen atoms in total. The third kappa shape index (κ3) is 2.97. The van der Waals surface area contributed by atoms with Crippen molar-refractivity contribution in [2.45, 2.75) is 33.1 Å². The van der Waals surface area contributed by atoms with Crippen molar-refractivity contribution in [2.24, 2.45) is 0 Å². The maximum atomic E-state index is 13.0. The Bertz CT molecular complexity index is 895. The Morgan fingerprint density at radius 2 is 1.87 bits per heavy atom. The standard InChI is InChI=1S/C19H21N3O/c1-3-4-5-16-18(14-7-9-15(20)10-8-14)19(23)22-12-13(2)6-11-17(22)21-16/h6-12H,3-5,20H2,1-2H3. The minimum absolute atomic E-state index is 0.0189. The number of rotatable bonds is 4. The van der Waals surface area contributed by atoms with Gasteiger partial charge in [-0.3, -0.25) is 9.20 Å². The number of nitrogens with zero attached hydrogens (tertiary/aromatic N) is 2. The lowest BCUT2D eigenvalue weighted by atomic mass is 10.0. The van der Waals surface area contributed by atoms with Crippen molar-refractivity contribution >= 4 is 11.3 Å². The molecule has 0 saturated heterocycles. The molecule has 0 fully saturated rings. The van der Waals surface area contributed by atoms with Crippen LogP contribution in [-0.4, -0.2) is 9.38 Å². The highest BCUT2D eigenvalue weighted by atomic mass is 16.1. The molecule has 0 bridgehead atoms. The summed E-state index contributed by atoms with van der Waals surface area (Å²) in [6, 6.07) is 11.3. The first-order valence-corrected chi connectivity index (χ1v) is 7.98. The molecule has 0 saturated carbocycles. The summed E-state index contributed by atoms with van der Waals surface area (Å²) >= 11 is 0. The lowest BCUT2D eigenvalue weighted by Gasteiger charge is -2.11.